The summed E-state index contributed by atoms with van der Waals surface area (Å²) in [6.45, 7) is 0.701. The van der Waals surface area contributed by atoms with Gasteiger partial charge in [0.25, 0.3) is 0 Å². The topological polar surface area (TPSA) is 76.1 Å². The lowest BCUT2D eigenvalue weighted by molar-refractivity contribution is -0.152. The number of hydrogen-bond donors (Lipinski definition) is 1. The number of carboxylic acids is 1. The van der Waals surface area contributed by atoms with Crippen LogP contribution in [0, 0.1) is 0 Å². The van der Waals surface area contributed by atoms with Crippen LogP contribution < -0.4 is 9.47 Å². The van der Waals surface area contributed by atoms with E-state index in [-0.39, 0.29) is 18.9 Å². The maximum Gasteiger partial charge on any atom is 0.326 e. The molecule has 1 aliphatic heterocycles. The highest BCUT2D eigenvalue weighted by molar-refractivity contribution is 5.83. The maximum absolute atomic E-state index is 12.2. The number of ether oxygens (including phenoxy) is 2. The van der Waals surface area contributed by atoms with Crippen LogP contribution in [-0.4, -0.2) is 48.2 Å². The molecular formula is C16H21NO5. The molecule has 2 rings (SSSR count). The molecule has 0 bridgehead atoms. The Balaban J connectivity index is 1.88. The van der Waals surface area contributed by atoms with Gasteiger partial charge < -0.3 is 19.5 Å². The zero-order chi connectivity index (χ0) is 15.9. The molecule has 22 heavy (non-hydrogen) atoms. The third kappa shape index (κ3) is 3.90. The summed E-state index contributed by atoms with van der Waals surface area (Å²) in [6.07, 6.45) is 2.37. The van der Waals surface area contributed by atoms with E-state index >= 15 is 0 Å². The molecule has 1 heterocycles. The molecule has 1 saturated heterocycles. The molecule has 1 amide bonds. The fourth-order valence-corrected chi connectivity index (χ4v) is 2.62. The molecule has 1 fully saturated rings. The Kier molecular flexibility index (Phi) is 5.63. The molecule has 1 aromatic carbocycles. The van der Waals surface area contributed by atoms with Crippen molar-refractivity contribution in [1.29, 1.82) is 0 Å². The summed E-state index contributed by atoms with van der Waals surface area (Å²) in [5.74, 6) is 0.0725. The van der Waals surface area contributed by atoms with Crippen LogP contribution in [-0.2, 0) is 9.59 Å². The van der Waals surface area contributed by atoms with E-state index in [0.29, 0.717) is 24.5 Å². The lowest BCUT2D eigenvalue weighted by Crippen LogP contribution is -2.48. The fourth-order valence-electron chi connectivity index (χ4n) is 2.62. The summed E-state index contributed by atoms with van der Waals surface area (Å²) in [5, 5.41) is 9.19. The summed E-state index contributed by atoms with van der Waals surface area (Å²) >= 11 is 0. The number of piperidine rings is 1. The molecule has 6 nitrogen and oxygen atoms in total. The van der Waals surface area contributed by atoms with Gasteiger partial charge in [0, 0.05) is 6.54 Å². The molecule has 1 aliphatic rings. The van der Waals surface area contributed by atoms with E-state index in [2.05, 4.69) is 0 Å². The number of para-hydroxylation sites is 2. The van der Waals surface area contributed by atoms with Crippen LogP contribution >= 0.6 is 0 Å². The zero-order valence-corrected chi connectivity index (χ0v) is 12.7. The third-order valence-corrected chi connectivity index (χ3v) is 3.75. The number of carboxylic acid groups (broad SMARTS) is 1. The molecular weight excluding hydrogens is 286 g/mol. The molecule has 1 aromatic rings. The monoisotopic (exact) mass is 307 g/mol. The second-order valence-electron chi connectivity index (χ2n) is 5.19. The highest BCUT2D eigenvalue weighted by atomic mass is 16.5. The fraction of sp³-hybridized carbons (Fsp3) is 0.500. The molecule has 0 unspecified atom stereocenters. The number of aliphatic carboxylic acids is 1. The van der Waals surface area contributed by atoms with Crippen LogP contribution in [0.3, 0.4) is 0 Å². The van der Waals surface area contributed by atoms with Gasteiger partial charge in [-0.3, -0.25) is 4.79 Å². The van der Waals surface area contributed by atoms with Crippen molar-refractivity contribution in [3.8, 4) is 11.5 Å². The highest BCUT2D eigenvalue weighted by Gasteiger charge is 2.31. The normalized spacial score (nSPS) is 17.9. The number of carbonyl (C=O) groups excluding carboxylic acids is 1. The lowest BCUT2D eigenvalue weighted by Gasteiger charge is -2.33. The van der Waals surface area contributed by atoms with E-state index in [9.17, 15) is 14.7 Å². The van der Waals surface area contributed by atoms with Crippen molar-refractivity contribution in [3.63, 3.8) is 0 Å². The van der Waals surface area contributed by atoms with Crippen LogP contribution in [0.1, 0.15) is 25.7 Å². The van der Waals surface area contributed by atoms with E-state index in [1.807, 2.05) is 12.1 Å². The number of nitrogens with zero attached hydrogens (tertiary/aromatic N) is 1. The van der Waals surface area contributed by atoms with Gasteiger partial charge in [-0.05, 0) is 31.4 Å². The Hall–Kier alpha value is -2.24. The Morgan fingerprint density at radius 1 is 1.27 bits per heavy atom. The largest absolute Gasteiger partial charge is 0.493 e. The van der Waals surface area contributed by atoms with Gasteiger partial charge in [0.05, 0.1) is 20.1 Å². The first-order valence-corrected chi connectivity index (χ1v) is 7.41. The van der Waals surface area contributed by atoms with Crippen molar-refractivity contribution < 1.29 is 24.2 Å². The van der Waals surface area contributed by atoms with Crippen molar-refractivity contribution in [3.05, 3.63) is 24.3 Å². The first-order valence-electron chi connectivity index (χ1n) is 7.41. The van der Waals surface area contributed by atoms with Crippen molar-refractivity contribution >= 4 is 11.9 Å². The van der Waals surface area contributed by atoms with Crippen molar-refractivity contribution in [2.24, 2.45) is 0 Å². The maximum atomic E-state index is 12.2. The number of methoxy groups -OCH3 is 1. The number of carbonyl (C=O) groups is 2. The van der Waals surface area contributed by atoms with Crippen LogP contribution in [0.25, 0.3) is 0 Å². The first kappa shape index (κ1) is 16.1. The molecule has 0 saturated carbocycles. The Morgan fingerprint density at radius 3 is 2.68 bits per heavy atom. The average Bonchev–Trinajstić information content (AvgIpc) is 2.55. The standard InChI is InChI=1S/C16H21NO5/c1-21-13-7-2-3-8-14(13)22-11-9-15(18)17-10-5-4-6-12(17)16(19)20/h2-3,7-8,12H,4-6,9-11H2,1H3,(H,19,20)/t12-/m1/s1. The quantitative estimate of drug-likeness (QED) is 0.869. The number of hydrogen-bond acceptors (Lipinski definition) is 4. The molecule has 1 atom stereocenters. The second kappa shape index (κ2) is 7.68. The van der Waals surface area contributed by atoms with Gasteiger partial charge in [-0.2, -0.15) is 0 Å². The van der Waals surface area contributed by atoms with Crippen LogP contribution in [0.5, 0.6) is 11.5 Å². The Bertz CT molecular complexity index is 531. The summed E-state index contributed by atoms with van der Waals surface area (Å²) in [5.41, 5.74) is 0. The second-order valence-corrected chi connectivity index (χ2v) is 5.19. The van der Waals surface area contributed by atoms with Gasteiger partial charge in [0.15, 0.2) is 11.5 Å². The minimum Gasteiger partial charge on any atom is -0.493 e. The van der Waals surface area contributed by atoms with Crippen LogP contribution in [0.2, 0.25) is 0 Å². The van der Waals surface area contributed by atoms with E-state index in [1.54, 1.807) is 19.2 Å². The summed E-state index contributed by atoms with van der Waals surface area (Å²) < 4.78 is 10.7. The van der Waals surface area contributed by atoms with E-state index in [4.69, 9.17) is 9.47 Å². The van der Waals surface area contributed by atoms with Crippen LogP contribution in [0.4, 0.5) is 0 Å². The van der Waals surface area contributed by atoms with E-state index in [1.165, 1.54) is 4.90 Å². The van der Waals surface area contributed by atoms with Crippen LogP contribution in [0.15, 0.2) is 24.3 Å². The lowest BCUT2D eigenvalue weighted by atomic mass is 10.0. The molecule has 0 spiro atoms. The number of likely N-dealkylation sites (tertiary alicyclic amines) is 1. The zero-order valence-electron chi connectivity index (χ0n) is 12.7. The average molecular weight is 307 g/mol. The predicted octanol–water partition coefficient (Wildman–Crippen LogP) is 1.93. The highest BCUT2D eigenvalue weighted by Crippen LogP contribution is 2.26. The molecule has 0 aromatic heterocycles. The van der Waals surface area contributed by atoms with Gasteiger partial charge in [-0.25, -0.2) is 4.79 Å². The molecule has 6 heteroatoms. The molecule has 0 radical (unpaired) electrons. The number of benzene rings is 1. The minimum absolute atomic E-state index is 0.155. The van der Waals surface area contributed by atoms with Gasteiger partial charge in [-0.15, -0.1) is 0 Å². The molecule has 0 aliphatic carbocycles. The summed E-state index contributed by atoms with van der Waals surface area (Å²) in [6, 6.07) is 6.51. The number of amides is 1. The van der Waals surface area contributed by atoms with Crippen molar-refractivity contribution in [2.45, 2.75) is 31.7 Å². The SMILES string of the molecule is COc1ccccc1OCCC(=O)N1CCCC[C@@H]1C(=O)O. The number of rotatable bonds is 6. The Morgan fingerprint density at radius 2 is 2.00 bits per heavy atom. The van der Waals surface area contributed by atoms with Gasteiger partial charge in [-0.1, -0.05) is 12.1 Å². The smallest absolute Gasteiger partial charge is 0.326 e. The molecule has 120 valence electrons. The van der Waals surface area contributed by atoms with E-state index in [0.717, 1.165) is 12.8 Å². The van der Waals surface area contributed by atoms with Gasteiger partial charge in [0.1, 0.15) is 6.04 Å². The minimum atomic E-state index is -0.932. The first-order chi connectivity index (χ1) is 10.6. The summed E-state index contributed by atoms with van der Waals surface area (Å²) in [7, 11) is 1.55. The third-order valence-electron chi connectivity index (χ3n) is 3.75. The predicted molar refractivity (Wildman–Crippen MR) is 80.1 cm³/mol. The molecule has 1 N–H and O–H groups in total. The summed E-state index contributed by atoms with van der Waals surface area (Å²) in [4.78, 5) is 24.9. The van der Waals surface area contributed by atoms with Gasteiger partial charge >= 0.3 is 5.97 Å². The van der Waals surface area contributed by atoms with E-state index < -0.39 is 12.0 Å². The Labute approximate surface area is 129 Å². The van der Waals surface area contributed by atoms with Crippen molar-refractivity contribution in [1.82, 2.24) is 4.90 Å². The van der Waals surface area contributed by atoms with Crippen molar-refractivity contribution in [2.75, 3.05) is 20.3 Å². The van der Waals surface area contributed by atoms with Gasteiger partial charge in [0.2, 0.25) is 5.91 Å².